The highest BCUT2D eigenvalue weighted by Crippen LogP contribution is 2.19. The number of hydrogen-bond acceptors (Lipinski definition) is 2. The average molecular weight is 166 g/mol. The van der Waals surface area contributed by atoms with Crippen LogP contribution in [-0.2, 0) is 12.8 Å². The lowest BCUT2D eigenvalue weighted by Crippen LogP contribution is -2.33. The molecular formula is C8H14N4+2. The van der Waals surface area contributed by atoms with Crippen LogP contribution in [0.1, 0.15) is 24.1 Å². The summed E-state index contributed by atoms with van der Waals surface area (Å²) in [6, 6.07) is 0. The molecule has 0 aromatic carbocycles. The van der Waals surface area contributed by atoms with Gasteiger partial charge in [0.15, 0.2) is 0 Å². The Hall–Kier alpha value is -1.32. The molecule has 0 radical (unpaired) electrons. The highest BCUT2D eigenvalue weighted by Gasteiger charge is 2.20. The van der Waals surface area contributed by atoms with Gasteiger partial charge in [0.05, 0.1) is 5.56 Å². The zero-order valence-electron chi connectivity index (χ0n) is 6.98. The van der Waals surface area contributed by atoms with Gasteiger partial charge in [-0.25, -0.2) is 4.98 Å². The number of H-pyrrole nitrogens is 2. The Morgan fingerprint density at radius 2 is 1.75 bits per heavy atom. The van der Waals surface area contributed by atoms with Gasteiger partial charge < -0.3 is 0 Å². The SMILES string of the molecule is Nc1[nH+]c(N)c2c([nH+]1)CCCC2. The van der Waals surface area contributed by atoms with Crippen LogP contribution in [0.2, 0.25) is 0 Å². The Kier molecular flexibility index (Phi) is 1.60. The largest absolute Gasteiger partial charge is 0.439 e. The molecule has 12 heavy (non-hydrogen) atoms. The van der Waals surface area contributed by atoms with Crippen LogP contribution in [0, 0.1) is 0 Å². The monoisotopic (exact) mass is 166 g/mol. The molecule has 0 bridgehead atoms. The number of aryl methyl sites for hydroxylation is 1. The predicted octanol–water partition coefficient (Wildman–Crippen LogP) is -0.642. The standard InChI is InChI=1S/C8H12N4/c9-7-5-3-1-2-4-6(5)11-8(10)12-7/h1-4H2,(H4,9,10,11,12)/p+2. The van der Waals surface area contributed by atoms with Crippen LogP contribution >= 0.6 is 0 Å². The van der Waals surface area contributed by atoms with Crippen LogP contribution in [0.3, 0.4) is 0 Å². The van der Waals surface area contributed by atoms with Gasteiger partial charge >= 0.3 is 5.95 Å². The molecule has 0 aliphatic heterocycles. The first-order valence-corrected chi connectivity index (χ1v) is 4.28. The summed E-state index contributed by atoms with van der Waals surface area (Å²) in [4.78, 5) is 6.01. The van der Waals surface area contributed by atoms with Gasteiger partial charge in [0.1, 0.15) is 5.69 Å². The van der Waals surface area contributed by atoms with Crippen molar-refractivity contribution in [3.8, 4) is 0 Å². The molecule has 0 unspecified atom stereocenters. The Balaban J connectivity index is 2.53. The van der Waals surface area contributed by atoms with Crippen molar-refractivity contribution in [1.82, 2.24) is 0 Å². The Labute approximate surface area is 71.0 Å². The van der Waals surface area contributed by atoms with Crippen molar-refractivity contribution in [2.75, 3.05) is 11.5 Å². The summed E-state index contributed by atoms with van der Waals surface area (Å²) in [5, 5.41) is 0. The quantitative estimate of drug-likeness (QED) is 0.537. The predicted molar refractivity (Wildman–Crippen MR) is 45.0 cm³/mol. The van der Waals surface area contributed by atoms with Crippen molar-refractivity contribution in [1.29, 1.82) is 0 Å². The van der Waals surface area contributed by atoms with Crippen molar-refractivity contribution < 1.29 is 9.97 Å². The number of rotatable bonds is 0. The molecule has 0 spiro atoms. The minimum Gasteiger partial charge on any atom is -0.287 e. The van der Waals surface area contributed by atoms with E-state index in [1.807, 2.05) is 0 Å². The molecule has 4 nitrogen and oxygen atoms in total. The average Bonchev–Trinajstić information content (AvgIpc) is 2.04. The van der Waals surface area contributed by atoms with Crippen molar-refractivity contribution in [2.24, 2.45) is 0 Å². The maximum absolute atomic E-state index is 5.79. The van der Waals surface area contributed by atoms with Gasteiger partial charge in [0.2, 0.25) is 0 Å². The summed E-state index contributed by atoms with van der Waals surface area (Å²) in [5.74, 6) is 1.27. The molecule has 4 heteroatoms. The summed E-state index contributed by atoms with van der Waals surface area (Å²) in [6.07, 6.45) is 4.59. The third kappa shape index (κ3) is 1.09. The first-order chi connectivity index (χ1) is 5.77. The number of fused-ring (bicyclic) bond motifs is 1. The van der Waals surface area contributed by atoms with Crippen LogP contribution < -0.4 is 21.4 Å². The van der Waals surface area contributed by atoms with Crippen LogP contribution in [0.25, 0.3) is 0 Å². The smallest absolute Gasteiger partial charge is 0.287 e. The first kappa shape index (κ1) is 7.34. The van der Waals surface area contributed by atoms with E-state index in [1.54, 1.807) is 0 Å². The third-order valence-electron chi connectivity index (χ3n) is 2.35. The molecule has 1 aliphatic rings. The van der Waals surface area contributed by atoms with Crippen molar-refractivity contribution in [2.45, 2.75) is 25.7 Å². The molecular weight excluding hydrogens is 152 g/mol. The number of nitrogen functional groups attached to an aromatic ring is 2. The molecule has 0 saturated heterocycles. The maximum atomic E-state index is 5.79. The molecule has 1 heterocycles. The van der Waals surface area contributed by atoms with E-state index in [-0.39, 0.29) is 0 Å². The molecule has 6 N–H and O–H groups in total. The topological polar surface area (TPSA) is 80.3 Å². The number of aromatic amines is 2. The number of nitrogens with one attached hydrogen (secondary N) is 2. The summed E-state index contributed by atoms with van der Waals surface area (Å²) >= 11 is 0. The maximum Gasteiger partial charge on any atom is 0.439 e. The fourth-order valence-corrected chi connectivity index (χ4v) is 1.75. The normalized spacial score (nSPS) is 15.7. The van der Waals surface area contributed by atoms with Crippen molar-refractivity contribution in [3.05, 3.63) is 11.3 Å². The molecule has 64 valence electrons. The second-order valence-corrected chi connectivity index (χ2v) is 3.24. The minimum atomic E-state index is 0.549. The van der Waals surface area contributed by atoms with E-state index in [0.717, 1.165) is 18.7 Å². The van der Waals surface area contributed by atoms with E-state index in [9.17, 15) is 0 Å². The summed E-state index contributed by atoms with van der Waals surface area (Å²) < 4.78 is 0. The molecule has 1 aliphatic carbocycles. The summed E-state index contributed by atoms with van der Waals surface area (Å²) in [7, 11) is 0. The van der Waals surface area contributed by atoms with E-state index in [1.165, 1.54) is 24.1 Å². The zero-order valence-corrected chi connectivity index (χ0v) is 6.98. The van der Waals surface area contributed by atoms with E-state index in [4.69, 9.17) is 11.5 Å². The first-order valence-electron chi connectivity index (χ1n) is 4.28. The summed E-state index contributed by atoms with van der Waals surface area (Å²) in [5.41, 5.74) is 13.8. The van der Waals surface area contributed by atoms with Gasteiger partial charge in [-0.15, -0.1) is 0 Å². The van der Waals surface area contributed by atoms with Crippen LogP contribution in [0.15, 0.2) is 0 Å². The number of aromatic nitrogens is 2. The van der Waals surface area contributed by atoms with E-state index in [0.29, 0.717) is 5.95 Å². The molecule has 1 aromatic heterocycles. The molecule has 0 atom stereocenters. The number of hydrogen-bond donors (Lipinski definition) is 2. The molecule has 0 fully saturated rings. The zero-order chi connectivity index (χ0) is 8.55. The highest BCUT2D eigenvalue weighted by molar-refractivity contribution is 5.37. The van der Waals surface area contributed by atoms with E-state index >= 15 is 0 Å². The van der Waals surface area contributed by atoms with Crippen LogP contribution in [0.4, 0.5) is 11.8 Å². The van der Waals surface area contributed by atoms with Crippen molar-refractivity contribution >= 4 is 11.8 Å². The van der Waals surface area contributed by atoms with Gasteiger partial charge in [-0.2, -0.15) is 4.98 Å². The number of nitrogens with two attached hydrogens (primary N) is 2. The third-order valence-corrected chi connectivity index (χ3v) is 2.35. The van der Waals surface area contributed by atoms with E-state index in [2.05, 4.69) is 9.97 Å². The highest BCUT2D eigenvalue weighted by atomic mass is 15.0. The fraction of sp³-hybridized carbons (Fsp3) is 0.500. The van der Waals surface area contributed by atoms with Gasteiger partial charge in [-0.3, -0.25) is 11.5 Å². The minimum absolute atomic E-state index is 0.549. The lowest BCUT2D eigenvalue weighted by atomic mass is 9.97. The Morgan fingerprint density at radius 1 is 1.00 bits per heavy atom. The molecule has 2 rings (SSSR count). The van der Waals surface area contributed by atoms with Crippen LogP contribution in [0.5, 0.6) is 0 Å². The second-order valence-electron chi connectivity index (χ2n) is 3.24. The van der Waals surface area contributed by atoms with E-state index < -0.39 is 0 Å². The molecule has 0 amide bonds. The number of anilines is 2. The van der Waals surface area contributed by atoms with Gasteiger partial charge in [0.25, 0.3) is 5.82 Å². The van der Waals surface area contributed by atoms with Gasteiger partial charge in [0, 0.05) is 6.42 Å². The second kappa shape index (κ2) is 2.62. The molecule has 0 saturated carbocycles. The van der Waals surface area contributed by atoms with Crippen molar-refractivity contribution in [3.63, 3.8) is 0 Å². The van der Waals surface area contributed by atoms with Gasteiger partial charge in [-0.05, 0) is 19.3 Å². The fourth-order valence-electron chi connectivity index (χ4n) is 1.75. The Morgan fingerprint density at radius 3 is 2.58 bits per heavy atom. The lowest BCUT2D eigenvalue weighted by molar-refractivity contribution is -0.500. The van der Waals surface area contributed by atoms with Gasteiger partial charge in [-0.1, -0.05) is 0 Å². The summed E-state index contributed by atoms with van der Waals surface area (Å²) in [6.45, 7) is 0. The lowest BCUT2D eigenvalue weighted by Gasteiger charge is -2.10. The van der Waals surface area contributed by atoms with Crippen LogP contribution in [-0.4, -0.2) is 0 Å². The molecule has 1 aromatic rings. The Bertz CT molecular complexity index is 308.